The molecule has 0 bridgehead atoms. The van der Waals surface area contributed by atoms with E-state index in [2.05, 4.69) is 23.1 Å². The molecule has 4 nitrogen and oxygen atoms in total. The molecule has 19 heavy (non-hydrogen) atoms. The Morgan fingerprint density at radius 1 is 1.53 bits per heavy atom. The lowest BCUT2D eigenvalue weighted by Crippen LogP contribution is -2.37. The van der Waals surface area contributed by atoms with Gasteiger partial charge in [0, 0.05) is 31.9 Å². The van der Waals surface area contributed by atoms with Gasteiger partial charge in [0.05, 0.1) is 6.54 Å². The molecule has 1 aromatic rings. The Morgan fingerprint density at radius 2 is 2.26 bits per heavy atom. The summed E-state index contributed by atoms with van der Waals surface area (Å²) in [4.78, 5) is 15.9. The summed E-state index contributed by atoms with van der Waals surface area (Å²) in [5.41, 5.74) is 9.56. The fraction of sp³-hybridized carbons (Fsp3) is 0.533. The van der Waals surface area contributed by atoms with E-state index in [-0.39, 0.29) is 11.9 Å². The maximum absolute atomic E-state index is 12.0. The minimum Gasteiger partial charge on any atom is -0.362 e. The summed E-state index contributed by atoms with van der Waals surface area (Å²) in [6.45, 7) is 6.12. The van der Waals surface area contributed by atoms with Crippen LogP contribution in [0.25, 0.3) is 0 Å². The van der Waals surface area contributed by atoms with Crippen LogP contribution >= 0.6 is 0 Å². The number of hydrogen-bond acceptors (Lipinski definition) is 3. The Hall–Kier alpha value is -1.55. The van der Waals surface area contributed by atoms with Gasteiger partial charge in [0.15, 0.2) is 0 Å². The molecule has 0 saturated heterocycles. The van der Waals surface area contributed by atoms with Crippen LogP contribution in [0.2, 0.25) is 0 Å². The number of likely N-dealkylation sites (N-methyl/N-ethyl adjacent to an activating group) is 1. The minimum atomic E-state index is 0.0622. The van der Waals surface area contributed by atoms with E-state index in [0.29, 0.717) is 6.54 Å². The Bertz CT molecular complexity index is 470. The Kier molecular flexibility index (Phi) is 4.10. The van der Waals surface area contributed by atoms with Crippen molar-refractivity contribution in [3.8, 4) is 0 Å². The van der Waals surface area contributed by atoms with E-state index in [1.807, 2.05) is 20.9 Å². The number of rotatable bonds is 4. The van der Waals surface area contributed by atoms with Crippen molar-refractivity contribution in [3.63, 3.8) is 0 Å². The van der Waals surface area contributed by atoms with Gasteiger partial charge < -0.3 is 15.5 Å². The van der Waals surface area contributed by atoms with Gasteiger partial charge in [0.1, 0.15) is 0 Å². The van der Waals surface area contributed by atoms with Crippen molar-refractivity contribution in [2.45, 2.75) is 26.3 Å². The van der Waals surface area contributed by atoms with E-state index in [0.717, 1.165) is 25.1 Å². The van der Waals surface area contributed by atoms with Gasteiger partial charge in [-0.2, -0.15) is 0 Å². The molecule has 2 N–H and O–H groups in total. The monoisotopic (exact) mass is 261 g/mol. The Labute approximate surface area is 115 Å². The largest absolute Gasteiger partial charge is 0.362 e. The molecule has 0 fully saturated rings. The van der Waals surface area contributed by atoms with Gasteiger partial charge in [-0.3, -0.25) is 4.79 Å². The van der Waals surface area contributed by atoms with Crippen LogP contribution < -0.4 is 10.6 Å². The van der Waals surface area contributed by atoms with Gasteiger partial charge >= 0.3 is 0 Å². The van der Waals surface area contributed by atoms with E-state index in [1.54, 1.807) is 4.90 Å². The SMILES string of the molecule is CCN(C)C(=O)CN1CCc2cc(C(C)N)ccc21. The Morgan fingerprint density at radius 3 is 2.89 bits per heavy atom. The van der Waals surface area contributed by atoms with Crippen LogP contribution in [0.5, 0.6) is 0 Å². The molecule has 1 heterocycles. The second-order valence-electron chi connectivity index (χ2n) is 5.26. The molecular formula is C15H23N3O. The maximum Gasteiger partial charge on any atom is 0.241 e. The van der Waals surface area contributed by atoms with Crippen LogP contribution in [0.1, 0.15) is 31.0 Å². The molecule has 1 amide bonds. The quantitative estimate of drug-likeness (QED) is 0.894. The summed E-state index contributed by atoms with van der Waals surface area (Å²) >= 11 is 0. The number of nitrogens with two attached hydrogens (primary N) is 1. The maximum atomic E-state index is 12.0. The number of carbonyl (C=O) groups excluding carboxylic acids is 1. The summed E-state index contributed by atoms with van der Waals surface area (Å²) in [5.74, 6) is 0.173. The first-order valence-corrected chi connectivity index (χ1v) is 6.90. The first kappa shape index (κ1) is 13.9. The zero-order valence-electron chi connectivity index (χ0n) is 12.0. The number of fused-ring (bicyclic) bond motifs is 1. The predicted molar refractivity (Wildman–Crippen MR) is 78.3 cm³/mol. The molecule has 0 aliphatic carbocycles. The van der Waals surface area contributed by atoms with E-state index in [4.69, 9.17) is 5.73 Å². The van der Waals surface area contributed by atoms with E-state index in [1.165, 1.54) is 11.3 Å². The number of amides is 1. The van der Waals surface area contributed by atoms with Crippen LogP contribution in [0.4, 0.5) is 5.69 Å². The first-order valence-electron chi connectivity index (χ1n) is 6.90. The minimum absolute atomic E-state index is 0.0622. The topological polar surface area (TPSA) is 49.6 Å². The fourth-order valence-electron chi connectivity index (χ4n) is 2.40. The molecule has 0 aromatic heterocycles. The van der Waals surface area contributed by atoms with Crippen LogP contribution in [0, 0.1) is 0 Å². The molecule has 2 rings (SSSR count). The Balaban J connectivity index is 2.12. The number of benzene rings is 1. The molecule has 1 unspecified atom stereocenters. The third-order valence-electron chi connectivity index (χ3n) is 3.85. The predicted octanol–water partition coefficient (Wildman–Crippen LogP) is 1.55. The van der Waals surface area contributed by atoms with Crippen molar-refractivity contribution in [2.24, 2.45) is 5.73 Å². The van der Waals surface area contributed by atoms with E-state index in [9.17, 15) is 4.79 Å². The van der Waals surface area contributed by atoms with Gasteiger partial charge in [-0.1, -0.05) is 12.1 Å². The second-order valence-corrected chi connectivity index (χ2v) is 5.26. The summed E-state index contributed by atoms with van der Waals surface area (Å²) in [5, 5.41) is 0. The van der Waals surface area contributed by atoms with Crippen molar-refractivity contribution in [1.29, 1.82) is 0 Å². The van der Waals surface area contributed by atoms with Crippen LogP contribution in [0.3, 0.4) is 0 Å². The van der Waals surface area contributed by atoms with Crippen LogP contribution in [-0.4, -0.2) is 37.5 Å². The van der Waals surface area contributed by atoms with Crippen LogP contribution in [-0.2, 0) is 11.2 Å². The molecule has 1 aromatic carbocycles. The van der Waals surface area contributed by atoms with Gasteiger partial charge in [0.25, 0.3) is 0 Å². The normalized spacial score (nSPS) is 15.3. The lowest BCUT2D eigenvalue weighted by atomic mass is 10.0. The van der Waals surface area contributed by atoms with E-state index < -0.39 is 0 Å². The summed E-state index contributed by atoms with van der Waals surface area (Å²) in [6.07, 6.45) is 0.999. The zero-order chi connectivity index (χ0) is 14.0. The van der Waals surface area contributed by atoms with Gasteiger partial charge in [0.2, 0.25) is 5.91 Å². The molecule has 104 valence electrons. The number of nitrogens with zero attached hydrogens (tertiary/aromatic N) is 2. The second kappa shape index (κ2) is 5.61. The highest BCUT2D eigenvalue weighted by Gasteiger charge is 2.22. The number of anilines is 1. The highest BCUT2D eigenvalue weighted by molar-refractivity contribution is 5.82. The first-order chi connectivity index (χ1) is 9.02. The highest BCUT2D eigenvalue weighted by Crippen LogP contribution is 2.29. The summed E-state index contributed by atoms with van der Waals surface area (Å²) in [7, 11) is 1.85. The standard InChI is InChI=1S/C15H23N3O/c1-4-17(3)15(19)10-18-8-7-13-9-12(11(2)16)5-6-14(13)18/h5-6,9,11H,4,7-8,10,16H2,1-3H3. The average molecular weight is 261 g/mol. The fourth-order valence-corrected chi connectivity index (χ4v) is 2.40. The molecule has 4 heteroatoms. The molecule has 1 aliphatic rings. The molecule has 0 saturated carbocycles. The smallest absolute Gasteiger partial charge is 0.241 e. The molecular weight excluding hydrogens is 238 g/mol. The summed E-state index contributed by atoms with van der Waals surface area (Å²) in [6, 6.07) is 6.40. The third kappa shape index (κ3) is 2.89. The molecule has 1 atom stereocenters. The highest BCUT2D eigenvalue weighted by atomic mass is 16.2. The number of carbonyl (C=O) groups is 1. The van der Waals surface area contributed by atoms with Crippen molar-refractivity contribution in [1.82, 2.24) is 4.90 Å². The van der Waals surface area contributed by atoms with Crippen molar-refractivity contribution >= 4 is 11.6 Å². The zero-order valence-corrected chi connectivity index (χ0v) is 12.0. The molecule has 1 aliphatic heterocycles. The molecule has 0 radical (unpaired) electrons. The lowest BCUT2D eigenvalue weighted by molar-refractivity contribution is -0.128. The van der Waals surface area contributed by atoms with Crippen molar-refractivity contribution in [3.05, 3.63) is 29.3 Å². The van der Waals surface area contributed by atoms with Crippen molar-refractivity contribution < 1.29 is 4.79 Å². The van der Waals surface area contributed by atoms with Gasteiger partial charge in [-0.15, -0.1) is 0 Å². The lowest BCUT2D eigenvalue weighted by Gasteiger charge is -2.22. The number of hydrogen-bond donors (Lipinski definition) is 1. The van der Waals surface area contributed by atoms with Crippen molar-refractivity contribution in [2.75, 3.05) is 31.6 Å². The molecule has 0 spiro atoms. The van der Waals surface area contributed by atoms with Gasteiger partial charge in [-0.25, -0.2) is 0 Å². The van der Waals surface area contributed by atoms with E-state index >= 15 is 0 Å². The summed E-state index contributed by atoms with van der Waals surface area (Å²) < 4.78 is 0. The average Bonchev–Trinajstić information content (AvgIpc) is 2.80. The van der Waals surface area contributed by atoms with Crippen LogP contribution in [0.15, 0.2) is 18.2 Å². The van der Waals surface area contributed by atoms with Gasteiger partial charge in [-0.05, 0) is 37.5 Å². The third-order valence-corrected chi connectivity index (χ3v) is 3.85.